The standard InChI is InChI=1S/C16H25FN4/c1-18-16(21-10-3-4-11-21)19-9-12-20(2)13-14-5-7-15(17)8-6-14/h5-8H,3-4,9-13H2,1-2H3,(H,18,19). The topological polar surface area (TPSA) is 30.9 Å². The van der Waals surface area contributed by atoms with Crippen molar-refractivity contribution < 1.29 is 4.39 Å². The molecule has 0 unspecified atom stereocenters. The van der Waals surface area contributed by atoms with Crippen LogP contribution in [0.2, 0.25) is 0 Å². The lowest BCUT2D eigenvalue weighted by Gasteiger charge is -2.23. The summed E-state index contributed by atoms with van der Waals surface area (Å²) in [5.41, 5.74) is 1.13. The van der Waals surface area contributed by atoms with Gasteiger partial charge >= 0.3 is 0 Å². The van der Waals surface area contributed by atoms with E-state index < -0.39 is 0 Å². The zero-order valence-electron chi connectivity index (χ0n) is 13.0. The van der Waals surface area contributed by atoms with Crippen LogP contribution in [0.1, 0.15) is 18.4 Å². The van der Waals surface area contributed by atoms with Crippen molar-refractivity contribution >= 4 is 5.96 Å². The van der Waals surface area contributed by atoms with Crippen molar-refractivity contribution in [1.82, 2.24) is 15.1 Å². The number of likely N-dealkylation sites (tertiary alicyclic amines) is 1. The van der Waals surface area contributed by atoms with E-state index >= 15 is 0 Å². The first kappa shape index (κ1) is 15.8. The smallest absolute Gasteiger partial charge is 0.193 e. The Morgan fingerprint density at radius 1 is 1.29 bits per heavy atom. The quantitative estimate of drug-likeness (QED) is 0.664. The summed E-state index contributed by atoms with van der Waals surface area (Å²) >= 11 is 0. The lowest BCUT2D eigenvalue weighted by atomic mass is 10.2. The molecule has 21 heavy (non-hydrogen) atoms. The summed E-state index contributed by atoms with van der Waals surface area (Å²) in [6.07, 6.45) is 2.51. The van der Waals surface area contributed by atoms with E-state index in [0.29, 0.717) is 0 Å². The van der Waals surface area contributed by atoms with Crippen LogP contribution < -0.4 is 5.32 Å². The highest BCUT2D eigenvalue weighted by atomic mass is 19.1. The number of hydrogen-bond donors (Lipinski definition) is 1. The van der Waals surface area contributed by atoms with Crippen LogP contribution in [-0.2, 0) is 6.54 Å². The summed E-state index contributed by atoms with van der Waals surface area (Å²) in [6.45, 7) is 4.81. The summed E-state index contributed by atoms with van der Waals surface area (Å²) in [4.78, 5) is 8.86. The SMILES string of the molecule is CN=C(NCCN(C)Cc1ccc(F)cc1)N1CCCC1. The highest BCUT2D eigenvalue weighted by Gasteiger charge is 2.15. The van der Waals surface area contributed by atoms with Crippen molar-refractivity contribution in [1.29, 1.82) is 0 Å². The maximum Gasteiger partial charge on any atom is 0.193 e. The number of nitrogens with zero attached hydrogens (tertiary/aromatic N) is 3. The lowest BCUT2D eigenvalue weighted by molar-refractivity contribution is 0.329. The van der Waals surface area contributed by atoms with Gasteiger partial charge in [0.25, 0.3) is 0 Å². The molecular weight excluding hydrogens is 267 g/mol. The molecule has 1 N–H and O–H groups in total. The van der Waals surface area contributed by atoms with E-state index in [1.165, 1.54) is 25.0 Å². The van der Waals surface area contributed by atoms with E-state index in [2.05, 4.69) is 27.2 Å². The highest BCUT2D eigenvalue weighted by Crippen LogP contribution is 2.07. The van der Waals surface area contributed by atoms with Crippen molar-refractivity contribution in [3.8, 4) is 0 Å². The number of guanidine groups is 1. The predicted molar refractivity (Wildman–Crippen MR) is 84.9 cm³/mol. The van der Waals surface area contributed by atoms with Gasteiger partial charge in [0.1, 0.15) is 5.82 Å². The molecule has 1 aromatic carbocycles. The third-order valence-electron chi connectivity index (χ3n) is 3.76. The molecule has 0 bridgehead atoms. The van der Waals surface area contributed by atoms with E-state index in [9.17, 15) is 4.39 Å². The molecule has 1 fully saturated rings. The Hall–Kier alpha value is -1.62. The number of benzene rings is 1. The summed E-state index contributed by atoms with van der Waals surface area (Å²) in [7, 11) is 3.91. The van der Waals surface area contributed by atoms with Gasteiger partial charge in [0.2, 0.25) is 0 Å². The molecule has 1 aliphatic heterocycles. The summed E-state index contributed by atoms with van der Waals surface area (Å²) < 4.78 is 12.9. The molecule has 1 aliphatic rings. The van der Waals surface area contributed by atoms with Gasteiger partial charge in [-0.15, -0.1) is 0 Å². The second-order valence-corrected chi connectivity index (χ2v) is 5.53. The Bertz CT molecular complexity index is 452. The summed E-state index contributed by atoms with van der Waals surface area (Å²) in [5, 5.41) is 3.41. The van der Waals surface area contributed by atoms with Gasteiger partial charge in [0, 0.05) is 39.8 Å². The molecule has 1 saturated heterocycles. The van der Waals surface area contributed by atoms with E-state index in [1.54, 1.807) is 0 Å². The van der Waals surface area contributed by atoms with Gasteiger partial charge in [-0.1, -0.05) is 12.1 Å². The highest BCUT2D eigenvalue weighted by molar-refractivity contribution is 5.80. The van der Waals surface area contributed by atoms with Crippen LogP contribution in [0.5, 0.6) is 0 Å². The van der Waals surface area contributed by atoms with Crippen LogP contribution in [0.4, 0.5) is 4.39 Å². The van der Waals surface area contributed by atoms with Crippen LogP contribution in [0, 0.1) is 5.82 Å². The maximum atomic E-state index is 12.9. The van der Waals surface area contributed by atoms with E-state index in [0.717, 1.165) is 44.2 Å². The number of rotatable bonds is 5. The Labute approximate surface area is 126 Å². The Morgan fingerprint density at radius 2 is 1.95 bits per heavy atom. The monoisotopic (exact) mass is 292 g/mol. The third-order valence-corrected chi connectivity index (χ3v) is 3.76. The zero-order valence-corrected chi connectivity index (χ0v) is 13.0. The van der Waals surface area contributed by atoms with Gasteiger partial charge in [-0.2, -0.15) is 0 Å². The lowest BCUT2D eigenvalue weighted by Crippen LogP contribution is -2.42. The normalized spacial score (nSPS) is 15.8. The molecule has 0 atom stereocenters. The van der Waals surface area contributed by atoms with Gasteiger partial charge in [0.15, 0.2) is 5.96 Å². The minimum absolute atomic E-state index is 0.183. The Kier molecular flexibility index (Phi) is 5.99. The molecule has 4 nitrogen and oxygen atoms in total. The zero-order chi connectivity index (χ0) is 15.1. The van der Waals surface area contributed by atoms with Crippen molar-refractivity contribution in [2.75, 3.05) is 40.3 Å². The van der Waals surface area contributed by atoms with Gasteiger partial charge in [-0.3, -0.25) is 4.99 Å². The number of hydrogen-bond acceptors (Lipinski definition) is 2. The Morgan fingerprint density at radius 3 is 2.57 bits per heavy atom. The van der Waals surface area contributed by atoms with Gasteiger partial charge in [0.05, 0.1) is 0 Å². The summed E-state index contributed by atoms with van der Waals surface area (Å²) in [5.74, 6) is 0.820. The largest absolute Gasteiger partial charge is 0.355 e. The van der Waals surface area contributed by atoms with Crippen LogP contribution in [0.3, 0.4) is 0 Å². The van der Waals surface area contributed by atoms with E-state index in [4.69, 9.17) is 0 Å². The van der Waals surface area contributed by atoms with Crippen LogP contribution >= 0.6 is 0 Å². The van der Waals surface area contributed by atoms with Crippen LogP contribution in [0.25, 0.3) is 0 Å². The minimum Gasteiger partial charge on any atom is -0.355 e. The molecule has 0 spiro atoms. The fourth-order valence-corrected chi connectivity index (χ4v) is 2.60. The summed E-state index contributed by atoms with van der Waals surface area (Å²) in [6, 6.07) is 6.69. The number of aliphatic imine (C=N–C) groups is 1. The minimum atomic E-state index is -0.183. The second kappa shape index (κ2) is 7.98. The fraction of sp³-hybridized carbons (Fsp3) is 0.562. The molecule has 116 valence electrons. The molecular formula is C16H25FN4. The van der Waals surface area contributed by atoms with Crippen molar-refractivity contribution in [2.24, 2.45) is 4.99 Å². The molecule has 0 saturated carbocycles. The number of nitrogens with one attached hydrogen (secondary N) is 1. The van der Waals surface area contributed by atoms with Crippen molar-refractivity contribution in [3.05, 3.63) is 35.6 Å². The van der Waals surface area contributed by atoms with Gasteiger partial charge < -0.3 is 15.1 Å². The van der Waals surface area contributed by atoms with Crippen LogP contribution in [-0.4, -0.2) is 56.0 Å². The Balaban J connectivity index is 1.70. The number of likely N-dealkylation sites (N-methyl/N-ethyl adjacent to an activating group) is 1. The first-order valence-electron chi connectivity index (χ1n) is 7.57. The third kappa shape index (κ3) is 5.01. The predicted octanol–water partition coefficient (Wildman–Crippen LogP) is 1.93. The molecule has 0 radical (unpaired) electrons. The van der Waals surface area contributed by atoms with Crippen LogP contribution in [0.15, 0.2) is 29.3 Å². The molecule has 0 amide bonds. The molecule has 2 rings (SSSR count). The first-order valence-corrected chi connectivity index (χ1v) is 7.57. The van der Waals surface area contributed by atoms with Gasteiger partial charge in [-0.25, -0.2) is 4.39 Å². The van der Waals surface area contributed by atoms with Crippen molar-refractivity contribution in [2.45, 2.75) is 19.4 Å². The molecule has 0 aliphatic carbocycles. The van der Waals surface area contributed by atoms with E-state index in [1.807, 2.05) is 19.2 Å². The molecule has 0 aromatic heterocycles. The van der Waals surface area contributed by atoms with E-state index in [-0.39, 0.29) is 5.82 Å². The van der Waals surface area contributed by atoms with Gasteiger partial charge in [-0.05, 0) is 37.6 Å². The molecule has 1 heterocycles. The average Bonchev–Trinajstić information content (AvgIpc) is 3.00. The maximum absolute atomic E-state index is 12.9. The fourth-order valence-electron chi connectivity index (χ4n) is 2.60. The average molecular weight is 292 g/mol. The number of halogens is 1. The first-order chi connectivity index (χ1) is 10.2. The van der Waals surface area contributed by atoms with Crippen molar-refractivity contribution in [3.63, 3.8) is 0 Å². The molecule has 1 aromatic rings. The molecule has 5 heteroatoms. The second-order valence-electron chi connectivity index (χ2n) is 5.53.